The molecule has 1 aliphatic rings. The first-order valence-electron chi connectivity index (χ1n) is 5.10. The van der Waals surface area contributed by atoms with Gasteiger partial charge >= 0.3 is 0 Å². The smallest absolute Gasteiger partial charge is 0.106 e. The number of hydrogen-bond acceptors (Lipinski definition) is 3. The van der Waals surface area contributed by atoms with Crippen molar-refractivity contribution in [2.75, 3.05) is 6.61 Å². The number of hydrogen-bond donors (Lipinski definition) is 0. The van der Waals surface area contributed by atoms with Crippen LogP contribution in [0, 0.1) is 0 Å². The second-order valence-electron chi connectivity index (χ2n) is 3.67. The van der Waals surface area contributed by atoms with Crippen LogP contribution in [0.1, 0.15) is 19.0 Å². The van der Waals surface area contributed by atoms with E-state index >= 15 is 0 Å². The maximum Gasteiger partial charge on any atom is 0.106 e. The van der Waals surface area contributed by atoms with Crippen LogP contribution in [0.2, 0.25) is 0 Å². The van der Waals surface area contributed by atoms with Gasteiger partial charge in [-0.3, -0.25) is 0 Å². The minimum atomic E-state index is 0.391. The summed E-state index contributed by atoms with van der Waals surface area (Å²) in [6, 6.07) is 6.05. The van der Waals surface area contributed by atoms with E-state index in [1.54, 1.807) is 0 Å². The highest BCUT2D eigenvalue weighted by Crippen LogP contribution is 2.28. The van der Waals surface area contributed by atoms with E-state index in [9.17, 15) is 0 Å². The number of aromatic nitrogens is 1. The van der Waals surface area contributed by atoms with E-state index in [0.717, 1.165) is 22.7 Å². The van der Waals surface area contributed by atoms with Crippen molar-refractivity contribution in [1.82, 2.24) is 4.98 Å². The van der Waals surface area contributed by atoms with Gasteiger partial charge in [0.15, 0.2) is 0 Å². The van der Waals surface area contributed by atoms with Crippen LogP contribution in [0.4, 0.5) is 0 Å². The van der Waals surface area contributed by atoms with Gasteiger partial charge in [-0.15, -0.1) is 11.8 Å². The van der Waals surface area contributed by atoms with Gasteiger partial charge in [-0.25, -0.2) is 4.98 Å². The highest BCUT2D eigenvalue weighted by Gasteiger charge is 2.24. The van der Waals surface area contributed by atoms with E-state index in [-0.39, 0.29) is 0 Å². The Kier molecular flexibility index (Phi) is 4.05. The van der Waals surface area contributed by atoms with Gasteiger partial charge in [-0.1, -0.05) is 6.07 Å². The summed E-state index contributed by atoms with van der Waals surface area (Å²) in [5.74, 6) is 0.970. The zero-order valence-corrected chi connectivity index (χ0v) is 11.1. The fourth-order valence-corrected chi connectivity index (χ4v) is 3.19. The Bertz CT molecular complexity index is 334. The highest BCUT2D eigenvalue weighted by molar-refractivity contribution is 9.10. The topological polar surface area (TPSA) is 22.1 Å². The fraction of sp³-hybridized carbons (Fsp3) is 0.545. The average Bonchev–Trinajstić information content (AvgIpc) is 2.61. The first-order valence-corrected chi connectivity index (χ1v) is 6.94. The molecule has 0 bridgehead atoms. The number of nitrogens with zero attached hydrogens (tertiary/aromatic N) is 1. The molecule has 4 heteroatoms. The molecule has 0 saturated carbocycles. The lowest BCUT2D eigenvalue weighted by molar-refractivity contribution is 0.127. The van der Waals surface area contributed by atoms with Crippen molar-refractivity contribution in [3.05, 3.63) is 28.5 Å². The molecule has 0 radical (unpaired) electrons. The van der Waals surface area contributed by atoms with Crippen molar-refractivity contribution in [2.24, 2.45) is 0 Å². The van der Waals surface area contributed by atoms with Crippen molar-refractivity contribution < 1.29 is 4.74 Å². The van der Waals surface area contributed by atoms with E-state index in [0.29, 0.717) is 11.4 Å². The number of thioether (sulfide) groups is 1. The average molecular weight is 288 g/mol. The monoisotopic (exact) mass is 287 g/mol. The van der Waals surface area contributed by atoms with Crippen LogP contribution in [0.3, 0.4) is 0 Å². The van der Waals surface area contributed by atoms with Crippen molar-refractivity contribution in [3.63, 3.8) is 0 Å². The molecule has 0 amide bonds. The Hall–Kier alpha value is -0.0600. The third-order valence-corrected chi connectivity index (χ3v) is 4.48. The first-order chi connectivity index (χ1) is 7.25. The second kappa shape index (κ2) is 5.32. The van der Waals surface area contributed by atoms with E-state index < -0.39 is 0 Å². The predicted octanol–water partition coefficient (Wildman–Crippen LogP) is 3.25. The van der Waals surface area contributed by atoms with Crippen LogP contribution in [-0.4, -0.2) is 22.9 Å². The van der Waals surface area contributed by atoms with Crippen LogP contribution >= 0.6 is 27.7 Å². The summed E-state index contributed by atoms with van der Waals surface area (Å²) in [6.45, 7) is 3.06. The number of ether oxygens (including phenoxy) is 1. The highest BCUT2D eigenvalue weighted by atomic mass is 79.9. The van der Waals surface area contributed by atoms with Crippen LogP contribution in [0.5, 0.6) is 0 Å². The lowest BCUT2D eigenvalue weighted by Gasteiger charge is -2.12. The molecule has 2 unspecified atom stereocenters. The fourth-order valence-electron chi connectivity index (χ4n) is 1.65. The van der Waals surface area contributed by atoms with Gasteiger partial charge in [-0.2, -0.15) is 0 Å². The van der Waals surface area contributed by atoms with Crippen molar-refractivity contribution >= 4 is 27.7 Å². The van der Waals surface area contributed by atoms with Crippen LogP contribution in [-0.2, 0) is 10.5 Å². The zero-order chi connectivity index (χ0) is 10.7. The molecule has 1 aromatic heterocycles. The normalized spacial score (nSPS) is 25.7. The molecular weight excluding hydrogens is 274 g/mol. The third-order valence-electron chi connectivity index (χ3n) is 2.52. The summed E-state index contributed by atoms with van der Waals surface area (Å²) >= 11 is 5.33. The van der Waals surface area contributed by atoms with Crippen LogP contribution < -0.4 is 0 Å². The Morgan fingerprint density at radius 2 is 2.47 bits per heavy atom. The molecule has 2 heterocycles. The maximum absolute atomic E-state index is 5.53. The largest absolute Gasteiger partial charge is 0.377 e. The molecule has 2 atom stereocenters. The Balaban J connectivity index is 1.87. The van der Waals surface area contributed by atoms with Gasteiger partial charge in [0.25, 0.3) is 0 Å². The molecule has 15 heavy (non-hydrogen) atoms. The Morgan fingerprint density at radius 1 is 1.60 bits per heavy atom. The minimum absolute atomic E-state index is 0.391. The molecule has 1 saturated heterocycles. The Morgan fingerprint density at radius 3 is 3.13 bits per heavy atom. The van der Waals surface area contributed by atoms with Gasteiger partial charge < -0.3 is 4.74 Å². The minimum Gasteiger partial charge on any atom is -0.377 e. The van der Waals surface area contributed by atoms with Gasteiger partial charge in [0.2, 0.25) is 0 Å². The summed E-state index contributed by atoms with van der Waals surface area (Å²) in [5, 5.41) is 0.630. The van der Waals surface area contributed by atoms with Crippen molar-refractivity contribution in [3.8, 4) is 0 Å². The van der Waals surface area contributed by atoms with Crippen LogP contribution in [0.25, 0.3) is 0 Å². The van der Waals surface area contributed by atoms with Gasteiger partial charge in [-0.05, 0) is 41.4 Å². The van der Waals surface area contributed by atoms with E-state index in [1.807, 2.05) is 23.9 Å². The summed E-state index contributed by atoms with van der Waals surface area (Å²) in [6.07, 6.45) is 1.56. The quantitative estimate of drug-likeness (QED) is 0.797. The predicted molar refractivity (Wildman–Crippen MR) is 67.1 cm³/mol. The lowest BCUT2D eigenvalue weighted by atomic mass is 10.3. The van der Waals surface area contributed by atoms with Gasteiger partial charge in [0.1, 0.15) is 4.60 Å². The maximum atomic E-state index is 5.53. The van der Waals surface area contributed by atoms with Gasteiger partial charge in [0.05, 0.1) is 11.8 Å². The van der Waals surface area contributed by atoms with Gasteiger partial charge in [0, 0.05) is 17.6 Å². The summed E-state index contributed by atoms with van der Waals surface area (Å²) in [7, 11) is 0. The van der Waals surface area contributed by atoms with E-state index in [4.69, 9.17) is 4.74 Å². The standard InChI is InChI=1S/C11H14BrNOS/c1-8-10(5-6-14-8)15-7-9-3-2-4-11(12)13-9/h2-4,8,10H,5-7H2,1H3. The number of rotatable bonds is 3. The molecule has 0 N–H and O–H groups in total. The summed E-state index contributed by atoms with van der Waals surface area (Å²) in [5.41, 5.74) is 1.13. The molecule has 82 valence electrons. The third kappa shape index (κ3) is 3.20. The van der Waals surface area contributed by atoms with Crippen LogP contribution in [0.15, 0.2) is 22.8 Å². The molecule has 1 fully saturated rings. The molecule has 0 aromatic carbocycles. The first kappa shape index (κ1) is 11.4. The molecule has 0 spiro atoms. The summed E-state index contributed by atoms with van der Waals surface area (Å²) < 4.78 is 6.44. The number of pyridine rings is 1. The lowest BCUT2D eigenvalue weighted by Crippen LogP contribution is -2.13. The van der Waals surface area contributed by atoms with E-state index in [1.165, 1.54) is 6.42 Å². The molecule has 2 nitrogen and oxygen atoms in total. The van der Waals surface area contributed by atoms with Crippen molar-refractivity contribution in [1.29, 1.82) is 0 Å². The molecule has 0 aliphatic carbocycles. The second-order valence-corrected chi connectivity index (χ2v) is 5.71. The molecule has 1 aromatic rings. The Labute approximate surface area is 103 Å². The van der Waals surface area contributed by atoms with E-state index in [2.05, 4.69) is 33.9 Å². The molecular formula is C11H14BrNOS. The molecule has 2 rings (SSSR count). The number of halogens is 1. The SMILES string of the molecule is CC1OCCC1SCc1cccc(Br)n1. The molecule has 1 aliphatic heterocycles. The zero-order valence-electron chi connectivity index (χ0n) is 8.65. The van der Waals surface area contributed by atoms with Crippen molar-refractivity contribution in [2.45, 2.75) is 30.5 Å². The summed E-state index contributed by atoms with van der Waals surface area (Å²) in [4.78, 5) is 4.41.